The number of aromatic nitrogens is 2. The SMILES string of the molecule is CCN1CC(C(=O)N2CC[C@@H]3CN(C(=O)c4cn(C)c(=O)[nH]4)C[C@@H]32)CCC1=O. The first-order valence-electron chi connectivity index (χ1n) is 10.0. The largest absolute Gasteiger partial charge is 0.342 e. The molecule has 4 rings (SSSR count). The van der Waals surface area contributed by atoms with E-state index in [1.54, 1.807) is 16.8 Å². The molecule has 0 spiro atoms. The standard InChI is InChI=1S/C19H27N5O4/c1-3-22-9-13(4-5-16(22)25)17(26)24-7-6-12-8-23(11-15(12)24)18(27)14-10-21(2)19(28)20-14/h10,12-13,15H,3-9,11H2,1-2H3,(H,20,28)/t12-,13?,15+/m1/s1. The van der Waals surface area contributed by atoms with Crippen LogP contribution in [-0.4, -0.2) is 80.7 Å². The quantitative estimate of drug-likeness (QED) is 0.764. The molecular weight excluding hydrogens is 362 g/mol. The van der Waals surface area contributed by atoms with Crippen molar-refractivity contribution in [3.63, 3.8) is 0 Å². The molecule has 3 aliphatic rings. The van der Waals surface area contributed by atoms with E-state index >= 15 is 0 Å². The Morgan fingerprint density at radius 2 is 1.96 bits per heavy atom. The average molecular weight is 389 g/mol. The van der Waals surface area contributed by atoms with Crippen LogP contribution in [0.4, 0.5) is 0 Å². The number of carbonyl (C=O) groups excluding carboxylic acids is 3. The minimum atomic E-state index is -0.313. The topological polar surface area (TPSA) is 98.7 Å². The van der Waals surface area contributed by atoms with Gasteiger partial charge in [0.05, 0.1) is 12.0 Å². The number of H-pyrrole nitrogens is 1. The number of amides is 3. The van der Waals surface area contributed by atoms with Crippen LogP contribution >= 0.6 is 0 Å². The summed E-state index contributed by atoms with van der Waals surface area (Å²) in [6, 6.07) is 0.0274. The number of aryl methyl sites for hydroxylation is 1. The van der Waals surface area contributed by atoms with E-state index in [4.69, 9.17) is 0 Å². The number of piperidine rings is 1. The van der Waals surface area contributed by atoms with Gasteiger partial charge < -0.3 is 24.3 Å². The number of hydrogen-bond donors (Lipinski definition) is 1. The van der Waals surface area contributed by atoms with E-state index in [0.717, 1.165) is 13.0 Å². The number of likely N-dealkylation sites (tertiary alicyclic amines) is 3. The summed E-state index contributed by atoms with van der Waals surface area (Å²) in [6.45, 7) is 4.88. The van der Waals surface area contributed by atoms with Crippen LogP contribution < -0.4 is 5.69 Å². The smallest absolute Gasteiger partial charge is 0.325 e. The lowest BCUT2D eigenvalue weighted by atomic mass is 9.95. The molecule has 152 valence electrons. The lowest BCUT2D eigenvalue weighted by Crippen LogP contribution is -2.49. The van der Waals surface area contributed by atoms with E-state index in [1.807, 2.05) is 11.8 Å². The fourth-order valence-electron chi connectivity index (χ4n) is 4.82. The zero-order chi connectivity index (χ0) is 20.0. The van der Waals surface area contributed by atoms with Gasteiger partial charge in [0.2, 0.25) is 11.8 Å². The van der Waals surface area contributed by atoms with E-state index < -0.39 is 0 Å². The molecule has 1 N–H and O–H groups in total. The molecule has 0 aromatic carbocycles. The molecule has 1 unspecified atom stereocenters. The highest BCUT2D eigenvalue weighted by Gasteiger charge is 2.46. The van der Waals surface area contributed by atoms with Crippen LogP contribution in [0.1, 0.15) is 36.7 Å². The van der Waals surface area contributed by atoms with Crippen molar-refractivity contribution < 1.29 is 14.4 Å². The number of carbonyl (C=O) groups is 3. The highest BCUT2D eigenvalue weighted by molar-refractivity contribution is 5.92. The fourth-order valence-corrected chi connectivity index (χ4v) is 4.82. The Morgan fingerprint density at radius 3 is 2.64 bits per heavy atom. The molecular formula is C19H27N5O4. The lowest BCUT2D eigenvalue weighted by molar-refractivity contribution is -0.143. The maximum Gasteiger partial charge on any atom is 0.325 e. The predicted octanol–water partition coefficient (Wildman–Crippen LogP) is -0.355. The van der Waals surface area contributed by atoms with Crippen molar-refractivity contribution in [1.29, 1.82) is 0 Å². The summed E-state index contributed by atoms with van der Waals surface area (Å²) in [5, 5.41) is 0. The van der Waals surface area contributed by atoms with Crippen molar-refractivity contribution in [2.24, 2.45) is 18.9 Å². The van der Waals surface area contributed by atoms with Crippen molar-refractivity contribution in [3.8, 4) is 0 Å². The van der Waals surface area contributed by atoms with E-state index in [1.165, 1.54) is 10.8 Å². The first-order chi connectivity index (χ1) is 13.4. The highest BCUT2D eigenvalue weighted by atomic mass is 16.2. The maximum atomic E-state index is 13.1. The summed E-state index contributed by atoms with van der Waals surface area (Å²) in [5.74, 6) is 0.170. The van der Waals surface area contributed by atoms with E-state index in [-0.39, 0.29) is 47.0 Å². The number of hydrogen-bond acceptors (Lipinski definition) is 4. The fraction of sp³-hybridized carbons (Fsp3) is 0.684. The molecule has 0 bridgehead atoms. The van der Waals surface area contributed by atoms with Crippen LogP contribution in [0.5, 0.6) is 0 Å². The summed E-state index contributed by atoms with van der Waals surface area (Å²) < 4.78 is 1.35. The molecule has 9 heteroatoms. The minimum Gasteiger partial charge on any atom is -0.342 e. The Hall–Kier alpha value is -2.58. The second-order valence-corrected chi connectivity index (χ2v) is 8.11. The maximum absolute atomic E-state index is 13.1. The van der Waals surface area contributed by atoms with Crippen LogP contribution in [0.3, 0.4) is 0 Å². The predicted molar refractivity (Wildman–Crippen MR) is 101 cm³/mol. The van der Waals surface area contributed by atoms with E-state index in [2.05, 4.69) is 4.98 Å². The normalized spacial score (nSPS) is 27.4. The monoisotopic (exact) mass is 389 g/mol. The van der Waals surface area contributed by atoms with Gasteiger partial charge in [-0.05, 0) is 19.8 Å². The van der Waals surface area contributed by atoms with Crippen molar-refractivity contribution in [3.05, 3.63) is 22.4 Å². The first-order valence-corrected chi connectivity index (χ1v) is 10.0. The van der Waals surface area contributed by atoms with Gasteiger partial charge >= 0.3 is 5.69 Å². The van der Waals surface area contributed by atoms with Gasteiger partial charge in [-0.2, -0.15) is 0 Å². The van der Waals surface area contributed by atoms with E-state index in [9.17, 15) is 19.2 Å². The molecule has 1 aromatic rings. The van der Waals surface area contributed by atoms with Gasteiger partial charge in [0.15, 0.2) is 0 Å². The molecule has 3 fully saturated rings. The molecule has 3 saturated heterocycles. The van der Waals surface area contributed by atoms with Crippen LogP contribution in [-0.2, 0) is 16.6 Å². The van der Waals surface area contributed by atoms with Crippen LogP contribution in [0.15, 0.2) is 11.0 Å². The van der Waals surface area contributed by atoms with Crippen LogP contribution in [0, 0.1) is 11.8 Å². The van der Waals surface area contributed by atoms with Gasteiger partial charge in [0.1, 0.15) is 5.69 Å². The zero-order valence-electron chi connectivity index (χ0n) is 16.4. The molecule has 0 radical (unpaired) electrons. The van der Waals surface area contributed by atoms with Gasteiger partial charge in [-0.1, -0.05) is 0 Å². The van der Waals surface area contributed by atoms with Gasteiger partial charge in [-0.3, -0.25) is 14.4 Å². The minimum absolute atomic E-state index is 0.0274. The van der Waals surface area contributed by atoms with Crippen molar-refractivity contribution in [2.45, 2.75) is 32.2 Å². The number of nitrogens with one attached hydrogen (secondary N) is 1. The van der Waals surface area contributed by atoms with Crippen LogP contribution in [0.2, 0.25) is 0 Å². The Balaban J connectivity index is 1.43. The summed E-state index contributed by atoms with van der Waals surface area (Å²) >= 11 is 0. The van der Waals surface area contributed by atoms with Crippen LogP contribution in [0.25, 0.3) is 0 Å². The number of imidazole rings is 1. The molecule has 0 saturated carbocycles. The van der Waals surface area contributed by atoms with Gasteiger partial charge in [-0.15, -0.1) is 0 Å². The Bertz CT molecular complexity index is 859. The summed E-state index contributed by atoms with van der Waals surface area (Å²) in [7, 11) is 1.60. The third kappa shape index (κ3) is 3.12. The van der Waals surface area contributed by atoms with Gasteiger partial charge in [0.25, 0.3) is 5.91 Å². The van der Waals surface area contributed by atoms with Crippen molar-refractivity contribution >= 4 is 17.7 Å². The molecule has 3 amide bonds. The lowest BCUT2D eigenvalue weighted by Gasteiger charge is -2.35. The third-order valence-corrected chi connectivity index (χ3v) is 6.46. The number of nitrogens with zero attached hydrogens (tertiary/aromatic N) is 4. The zero-order valence-corrected chi connectivity index (χ0v) is 16.4. The number of rotatable bonds is 3. The number of aromatic amines is 1. The Labute approximate surface area is 163 Å². The second-order valence-electron chi connectivity index (χ2n) is 8.11. The van der Waals surface area contributed by atoms with Gasteiger partial charge in [0, 0.05) is 58.3 Å². The third-order valence-electron chi connectivity index (χ3n) is 6.46. The molecule has 1 aromatic heterocycles. The molecule has 28 heavy (non-hydrogen) atoms. The van der Waals surface area contributed by atoms with E-state index in [0.29, 0.717) is 39.0 Å². The Morgan fingerprint density at radius 1 is 1.18 bits per heavy atom. The van der Waals surface area contributed by atoms with Crippen molar-refractivity contribution in [1.82, 2.24) is 24.3 Å². The average Bonchev–Trinajstić information content (AvgIpc) is 3.35. The second kappa shape index (κ2) is 7.10. The summed E-state index contributed by atoms with van der Waals surface area (Å²) in [5.41, 5.74) is -0.0263. The molecule has 4 heterocycles. The van der Waals surface area contributed by atoms with Gasteiger partial charge in [-0.25, -0.2) is 4.79 Å². The molecule has 3 aliphatic heterocycles. The molecule has 3 atom stereocenters. The highest BCUT2D eigenvalue weighted by Crippen LogP contribution is 2.34. The first kappa shape index (κ1) is 18.8. The molecule has 9 nitrogen and oxygen atoms in total. The molecule has 0 aliphatic carbocycles. The summed E-state index contributed by atoms with van der Waals surface area (Å²) in [6.07, 6.45) is 3.43. The summed E-state index contributed by atoms with van der Waals surface area (Å²) in [4.78, 5) is 57.4. The Kier molecular flexibility index (Phi) is 4.76. The number of fused-ring (bicyclic) bond motifs is 1. The van der Waals surface area contributed by atoms with Crippen molar-refractivity contribution in [2.75, 3.05) is 32.7 Å².